The van der Waals surface area contributed by atoms with Crippen LogP contribution in [0, 0.1) is 0 Å². The van der Waals surface area contributed by atoms with Crippen molar-refractivity contribution in [3.63, 3.8) is 0 Å². The molecule has 5 heteroatoms. The summed E-state index contributed by atoms with van der Waals surface area (Å²) in [5, 5.41) is 3.15. The SMILES string of the molecule is O=C(N[C@H]1CCOc2ccccc21)c1ccc(CN2CCOCC2)cc1. The Morgan fingerprint density at radius 3 is 2.62 bits per heavy atom. The van der Waals surface area contributed by atoms with E-state index < -0.39 is 0 Å². The summed E-state index contributed by atoms with van der Waals surface area (Å²) >= 11 is 0. The number of nitrogens with one attached hydrogen (secondary N) is 1. The molecule has 1 saturated heterocycles. The number of morpholine rings is 1. The molecule has 26 heavy (non-hydrogen) atoms. The number of nitrogens with zero attached hydrogens (tertiary/aromatic N) is 1. The third-order valence-corrected chi connectivity index (χ3v) is 4.99. The van der Waals surface area contributed by atoms with Gasteiger partial charge in [-0.2, -0.15) is 0 Å². The Hall–Kier alpha value is -2.37. The Bertz CT molecular complexity index is 754. The van der Waals surface area contributed by atoms with Crippen molar-refractivity contribution in [2.45, 2.75) is 19.0 Å². The minimum Gasteiger partial charge on any atom is -0.493 e. The molecule has 5 nitrogen and oxygen atoms in total. The van der Waals surface area contributed by atoms with Crippen molar-refractivity contribution in [3.8, 4) is 5.75 Å². The van der Waals surface area contributed by atoms with Crippen LogP contribution in [0.3, 0.4) is 0 Å². The minimum atomic E-state index is -0.0374. The monoisotopic (exact) mass is 352 g/mol. The van der Waals surface area contributed by atoms with Gasteiger partial charge in [0.1, 0.15) is 5.75 Å². The van der Waals surface area contributed by atoms with Crippen molar-refractivity contribution < 1.29 is 14.3 Å². The van der Waals surface area contributed by atoms with E-state index in [0.717, 1.165) is 50.6 Å². The lowest BCUT2D eigenvalue weighted by molar-refractivity contribution is 0.0342. The number of ether oxygens (including phenoxy) is 2. The Balaban J connectivity index is 1.39. The van der Waals surface area contributed by atoms with E-state index in [0.29, 0.717) is 12.2 Å². The van der Waals surface area contributed by atoms with Gasteiger partial charge in [0.25, 0.3) is 5.91 Å². The lowest BCUT2D eigenvalue weighted by atomic mass is 10.00. The summed E-state index contributed by atoms with van der Waals surface area (Å²) in [7, 11) is 0. The molecule has 2 aromatic carbocycles. The first-order valence-electron chi connectivity index (χ1n) is 9.21. The van der Waals surface area contributed by atoms with Crippen molar-refractivity contribution in [2.75, 3.05) is 32.9 Å². The lowest BCUT2D eigenvalue weighted by Crippen LogP contribution is -2.35. The molecule has 0 radical (unpaired) electrons. The molecular formula is C21H24N2O3. The highest BCUT2D eigenvalue weighted by Gasteiger charge is 2.23. The minimum absolute atomic E-state index is 0.000441. The third kappa shape index (κ3) is 3.89. The van der Waals surface area contributed by atoms with E-state index in [-0.39, 0.29) is 11.9 Å². The maximum absolute atomic E-state index is 12.6. The number of benzene rings is 2. The Morgan fingerprint density at radius 1 is 1.04 bits per heavy atom. The van der Waals surface area contributed by atoms with Crippen LogP contribution in [0.25, 0.3) is 0 Å². The molecule has 0 bridgehead atoms. The number of carbonyl (C=O) groups excluding carboxylic acids is 1. The molecule has 0 saturated carbocycles. The van der Waals surface area contributed by atoms with Gasteiger partial charge in [-0.15, -0.1) is 0 Å². The van der Waals surface area contributed by atoms with Gasteiger partial charge >= 0.3 is 0 Å². The zero-order valence-corrected chi connectivity index (χ0v) is 14.8. The van der Waals surface area contributed by atoms with Crippen molar-refractivity contribution in [1.29, 1.82) is 0 Å². The average Bonchev–Trinajstić information content (AvgIpc) is 2.70. The summed E-state index contributed by atoms with van der Waals surface area (Å²) in [5.74, 6) is 0.828. The molecule has 0 aliphatic carbocycles. The van der Waals surface area contributed by atoms with Crippen LogP contribution < -0.4 is 10.1 Å². The number of rotatable bonds is 4. The highest BCUT2D eigenvalue weighted by Crippen LogP contribution is 2.31. The fourth-order valence-electron chi connectivity index (χ4n) is 3.51. The summed E-state index contributed by atoms with van der Waals surface area (Å²) in [6, 6.07) is 15.8. The van der Waals surface area contributed by atoms with Gasteiger partial charge in [-0.3, -0.25) is 9.69 Å². The van der Waals surface area contributed by atoms with Crippen LogP contribution in [-0.4, -0.2) is 43.7 Å². The summed E-state index contributed by atoms with van der Waals surface area (Å²) in [6.07, 6.45) is 0.790. The van der Waals surface area contributed by atoms with Crippen molar-refractivity contribution in [2.24, 2.45) is 0 Å². The topological polar surface area (TPSA) is 50.8 Å². The molecule has 2 aliphatic rings. The van der Waals surface area contributed by atoms with Crippen LogP contribution in [0.1, 0.15) is 33.9 Å². The molecule has 2 aliphatic heterocycles. The molecule has 0 aromatic heterocycles. The summed E-state index contributed by atoms with van der Waals surface area (Å²) in [4.78, 5) is 15.0. The molecule has 1 atom stereocenters. The Morgan fingerprint density at radius 2 is 1.81 bits per heavy atom. The molecule has 4 rings (SSSR count). The number of fused-ring (bicyclic) bond motifs is 1. The van der Waals surface area contributed by atoms with Crippen LogP contribution in [0.2, 0.25) is 0 Å². The van der Waals surface area contributed by atoms with Crippen LogP contribution in [-0.2, 0) is 11.3 Å². The van der Waals surface area contributed by atoms with Crippen molar-refractivity contribution in [1.82, 2.24) is 10.2 Å². The van der Waals surface area contributed by atoms with Gasteiger partial charge in [0.2, 0.25) is 0 Å². The molecule has 2 heterocycles. The first-order chi connectivity index (χ1) is 12.8. The highest BCUT2D eigenvalue weighted by molar-refractivity contribution is 5.94. The van der Waals surface area contributed by atoms with Crippen LogP contribution in [0.4, 0.5) is 0 Å². The standard InChI is InChI=1S/C21H24N2O3/c24-21(22-19-9-12-26-20-4-2-1-3-18(19)20)17-7-5-16(6-8-17)15-23-10-13-25-14-11-23/h1-8,19H,9-15H2,(H,22,24)/t19-/m0/s1. The largest absolute Gasteiger partial charge is 0.493 e. The second-order valence-electron chi connectivity index (χ2n) is 6.79. The molecule has 1 amide bonds. The smallest absolute Gasteiger partial charge is 0.251 e. The summed E-state index contributed by atoms with van der Waals surface area (Å²) in [6.45, 7) is 5.05. The number of para-hydroxylation sites is 1. The fraction of sp³-hybridized carbons (Fsp3) is 0.381. The van der Waals surface area contributed by atoms with Gasteiger partial charge in [0.15, 0.2) is 0 Å². The number of amides is 1. The second kappa shape index (κ2) is 7.89. The average molecular weight is 352 g/mol. The zero-order chi connectivity index (χ0) is 17.8. The molecule has 0 unspecified atom stereocenters. The van der Waals surface area contributed by atoms with Crippen molar-refractivity contribution in [3.05, 3.63) is 65.2 Å². The van der Waals surface area contributed by atoms with E-state index in [9.17, 15) is 4.79 Å². The molecular weight excluding hydrogens is 328 g/mol. The van der Waals surface area contributed by atoms with Gasteiger partial charge in [0, 0.05) is 37.2 Å². The Labute approximate surface area is 153 Å². The van der Waals surface area contributed by atoms with E-state index in [4.69, 9.17) is 9.47 Å². The highest BCUT2D eigenvalue weighted by atomic mass is 16.5. The lowest BCUT2D eigenvalue weighted by Gasteiger charge is -2.27. The summed E-state index contributed by atoms with van der Waals surface area (Å²) < 4.78 is 11.0. The van der Waals surface area contributed by atoms with Gasteiger partial charge in [-0.25, -0.2) is 0 Å². The van der Waals surface area contributed by atoms with E-state index in [1.54, 1.807) is 0 Å². The molecule has 136 valence electrons. The molecule has 2 aromatic rings. The first kappa shape index (κ1) is 17.1. The maximum atomic E-state index is 12.6. The van der Waals surface area contributed by atoms with Gasteiger partial charge in [-0.1, -0.05) is 30.3 Å². The number of hydrogen-bond donors (Lipinski definition) is 1. The van der Waals surface area contributed by atoms with Crippen LogP contribution in [0.5, 0.6) is 5.75 Å². The van der Waals surface area contributed by atoms with Gasteiger partial charge in [0.05, 0.1) is 25.9 Å². The predicted molar refractivity (Wildman–Crippen MR) is 99.3 cm³/mol. The van der Waals surface area contributed by atoms with Crippen LogP contribution in [0.15, 0.2) is 48.5 Å². The van der Waals surface area contributed by atoms with E-state index in [1.807, 2.05) is 48.5 Å². The number of hydrogen-bond acceptors (Lipinski definition) is 4. The third-order valence-electron chi connectivity index (χ3n) is 4.99. The first-order valence-corrected chi connectivity index (χ1v) is 9.21. The van der Waals surface area contributed by atoms with E-state index in [2.05, 4.69) is 10.2 Å². The predicted octanol–water partition coefficient (Wildman–Crippen LogP) is 2.77. The molecule has 1 N–H and O–H groups in total. The Kier molecular flexibility index (Phi) is 5.18. The molecule has 1 fully saturated rings. The molecule has 0 spiro atoms. The van der Waals surface area contributed by atoms with E-state index >= 15 is 0 Å². The van der Waals surface area contributed by atoms with Crippen molar-refractivity contribution >= 4 is 5.91 Å². The second-order valence-corrected chi connectivity index (χ2v) is 6.79. The fourth-order valence-corrected chi connectivity index (χ4v) is 3.51. The normalized spacial score (nSPS) is 20.1. The summed E-state index contributed by atoms with van der Waals surface area (Å²) in [5.41, 5.74) is 2.97. The number of carbonyl (C=O) groups is 1. The van der Waals surface area contributed by atoms with Gasteiger partial charge in [-0.05, 0) is 23.8 Å². The van der Waals surface area contributed by atoms with E-state index in [1.165, 1.54) is 5.56 Å². The van der Waals surface area contributed by atoms with Crippen LogP contribution >= 0.6 is 0 Å². The zero-order valence-electron chi connectivity index (χ0n) is 14.8. The quantitative estimate of drug-likeness (QED) is 0.919. The maximum Gasteiger partial charge on any atom is 0.251 e. The van der Waals surface area contributed by atoms with Gasteiger partial charge < -0.3 is 14.8 Å².